The lowest BCUT2D eigenvalue weighted by atomic mass is 9.93. The lowest BCUT2D eigenvalue weighted by Crippen LogP contribution is -2.30. The number of hydrogen-bond donors (Lipinski definition) is 1. The van der Waals surface area contributed by atoms with E-state index in [-0.39, 0.29) is 0 Å². The second-order valence-electron chi connectivity index (χ2n) is 4.37. The van der Waals surface area contributed by atoms with E-state index in [4.69, 9.17) is 5.11 Å². The predicted octanol–water partition coefficient (Wildman–Crippen LogP) is 1.40. The van der Waals surface area contributed by atoms with Crippen molar-refractivity contribution in [2.45, 2.75) is 26.2 Å². The van der Waals surface area contributed by atoms with Crippen LogP contribution in [0.4, 0.5) is 0 Å². The fourth-order valence-electron chi connectivity index (χ4n) is 1.35. The maximum Gasteiger partial charge on any atom is 0.316 e. The molecule has 2 aromatic heterocycles. The van der Waals surface area contributed by atoms with E-state index >= 15 is 0 Å². The molecule has 16 heavy (non-hydrogen) atoms. The second kappa shape index (κ2) is 3.30. The van der Waals surface area contributed by atoms with Gasteiger partial charge in [0.15, 0.2) is 11.5 Å². The van der Waals surface area contributed by atoms with E-state index < -0.39 is 11.4 Å². The average Bonchev–Trinajstić information content (AvgIpc) is 2.60. The van der Waals surface area contributed by atoms with Gasteiger partial charge < -0.3 is 5.11 Å². The molecule has 5 nitrogen and oxygen atoms in total. The SMILES string of the molecule is Cc1ccc2nc(C(C)(C)C(=O)O)nn2c1. The van der Waals surface area contributed by atoms with Gasteiger partial charge in [-0.2, -0.15) is 5.10 Å². The van der Waals surface area contributed by atoms with E-state index in [0.717, 1.165) is 5.56 Å². The van der Waals surface area contributed by atoms with Crippen molar-refractivity contribution in [1.29, 1.82) is 0 Å². The van der Waals surface area contributed by atoms with Crippen LogP contribution in [0.25, 0.3) is 5.65 Å². The highest BCUT2D eigenvalue weighted by Crippen LogP contribution is 2.20. The number of aryl methyl sites for hydroxylation is 1. The molecule has 0 aliphatic carbocycles. The third kappa shape index (κ3) is 1.54. The summed E-state index contributed by atoms with van der Waals surface area (Å²) >= 11 is 0. The fraction of sp³-hybridized carbons (Fsp3) is 0.364. The minimum atomic E-state index is -1.07. The molecular formula is C11H13N3O2. The van der Waals surface area contributed by atoms with Crippen molar-refractivity contribution in [3.63, 3.8) is 0 Å². The first-order valence-corrected chi connectivity index (χ1v) is 4.98. The van der Waals surface area contributed by atoms with Gasteiger partial charge in [-0.3, -0.25) is 4.79 Å². The first-order valence-electron chi connectivity index (χ1n) is 4.98. The fourth-order valence-corrected chi connectivity index (χ4v) is 1.35. The normalized spacial score (nSPS) is 11.9. The number of aliphatic carboxylic acids is 1. The molecule has 2 aromatic rings. The van der Waals surface area contributed by atoms with Gasteiger partial charge in [-0.15, -0.1) is 0 Å². The molecule has 0 spiro atoms. The molecule has 1 N–H and O–H groups in total. The minimum absolute atomic E-state index is 0.325. The summed E-state index contributed by atoms with van der Waals surface area (Å²) in [5, 5.41) is 13.3. The molecule has 2 rings (SSSR count). The number of nitrogens with zero attached hydrogens (tertiary/aromatic N) is 3. The Balaban J connectivity index is 2.59. The topological polar surface area (TPSA) is 67.5 Å². The van der Waals surface area contributed by atoms with Crippen molar-refractivity contribution in [1.82, 2.24) is 14.6 Å². The van der Waals surface area contributed by atoms with E-state index in [1.165, 1.54) is 0 Å². The summed E-state index contributed by atoms with van der Waals surface area (Å²) in [6.07, 6.45) is 1.82. The molecule has 0 amide bonds. The molecule has 0 unspecified atom stereocenters. The van der Waals surface area contributed by atoms with Crippen LogP contribution in [0.1, 0.15) is 25.2 Å². The van der Waals surface area contributed by atoms with Crippen LogP contribution in [0.2, 0.25) is 0 Å². The summed E-state index contributed by atoms with van der Waals surface area (Å²) in [4.78, 5) is 15.3. The van der Waals surface area contributed by atoms with Crippen LogP contribution in [-0.4, -0.2) is 25.7 Å². The van der Waals surface area contributed by atoms with Gasteiger partial charge >= 0.3 is 5.97 Å². The van der Waals surface area contributed by atoms with Crippen molar-refractivity contribution in [3.05, 3.63) is 29.7 Å². The summed E-state index contributed by atoms with van der Waals surface area (Å²) < 4.78 is 1.61. The number of pyridine rings is 1. The molecule has 84 valence electrons. The van der Waals surface area contributed by atoms with Gasteiger partial charge in [0.2, 0.25) is 0 Å². The molecule has 0 aliphatic rings. The Bertz CT molecular complexity index is 557. The van der Waals surface area contributed by atoms with Gasteiger partial charge in [0.1, 0.15) is 5.41 Å². The van der Waals surface area contributed by atoms with Crippen molar-refractivity contribution < 1.29 is 9.90 Å². The molecule has 2 heterocycles. The third-order valence-corrected chi connectivity index (χ3v) is 2.57. The van der Waals surface area contributed by atoms with Crippen molar-refractivity contribution >= 4 is 11.6 Å². The number of fused-ring (bicyclic) bond motifs is 1. The molecule has 0 aliphatic heterocycles. The zero-order valence-corrected chi connectivity index (χ0v) is 9.43. The number of carboxylic acids is 1. The molecule has 0 saturated carbocycles. The highest BCUT2D eigenvalue weighted by Gasteiger charge is 2.34. The summed E-state index contributed by atoms with van der Waals surface area (Å²) in [7, 11) is 0. The Morgan fingerprint density at radius 3 is 2.75 bits per heavy atom. The van der Waals surface area contributed by atoms with E-state index in [1.54, 1.807) is 18.4 Å². The molecule has 0 bridgehead atoms. The standard InChI is InChI=1S/C11H13N3O2/c1-7-4-5-8-12-9(13-14(8)6-7)11(2,3)10(15)16/h4-6H,1-3H3,(H,15,16). The van der Waals surface area contributed by atoms with Gasteiger partial charge in [-0.25, -0.2) is 9.50 Å². The quantitative estimate of drug-likeness (QED) is 0.829. The molecule has 0 aromatic carbocycles. The monoisotopic (exact) mass is 219 g/mol. The van der Waals surface area contributed by atoms with E-state index in [2.05, 4.69) is 10.1 Å². The number of carbonyl (C=O) groups is 1. The number of rotatable bonds is 2. The lowest BCUT2D eigenvalue weighted by Gasteiger charge is -2.13. The van der Waals surface area contributed by atoms with Crippen molar-refractivity contribution in [2.75, 3.05) is 0 Å². The Kier molecular flexibility index (Phi) is 2.18. The lowest BCUT2D eigenvalue weighted by molar-refractivity contribution is -0.142. The molecule has 0 atom stereocenters. The summed E-state index contributed by atoms with van der Waals surface area (Å²) in [6, 6.07) is 3.74. The van der Waals surface area contributed by atoms with Crippen LogP contribution in [0, 0.1) is 6.92 Å². The first kappa shape index (κ1) is 10.6. The van der Waals surface area contributed by atoms with Gasteiger partial charge in [-0.1, -0.05) is 6.07 Å². The Morgan fingerprint density at radius 1 is 1.44 bits per heavy atom. The Hall–Kier alpha value is -1.91. The number of hydrogen-bond acceptors (Lipinski definition) is 3. The summed E-state index contributed by atoms with van der Waals surface area (Å²) in [5.41, 5.74) is 0.645. The molecular weight excluding hydrogens is 206 g/mol. The highest BCUT2D eigenvalue weighted by molar-refractivity contribution is 5.79. The maximum atomic E-state index is 11.1. The zero-order chi connectivity index (χ0) is 11.9. The van der Waals surface area contributed by atoms with Crippen LogP contribution >= 0.6 is 0 Å². The molecule has 0 radical (unpaired) electrons. The smallest absolute Gasteiger partial charge is 0.316 e. The summed E-state index contributed by atoms with van der Waals surface area (Å²) in [5.74, 6) is -0.606. The van der Waals surface area contributed by atoms with Crippen LogP contribution in [-0.2, 0) is 10.2 Å². The maximum absolute atomic E-state index is 11.1. The van der Waals surface area contributed by atoms with E-state index in [9.17, 15) is 4.79 Å². The van der Waals surface area contributed by atoms with Crippen LogP contribution in [0.3, 0.4) is 0 Å². The predicted molar refractivity (Wildman–Crippen MR) is 58.4 cm³/mol. The van der Waals surface area contributed by atoms with Crippen LogP contribution in [0.15, 0.2) is 18.3 Å². The van der Waals surface area contributed by atoms with Crippen LogP contribution in [0.5, 0.6) is 0 Å². The second-order valence-corrected chi connectivity index (χ2v) is 4.37. The largest absolute Gasteiger partial charge is 0.481 e. The summed E-state index contributed by atoms with van der Waals surface area (Å²) in [6.45, 7) is 5.14. The minimum Gasteiger partial charge on any atom is -0.481 e. The molecule has 0 saturated heterocycles. The zero-order valence-electron chi connectivity index (χ0n) is 9.43. The van der Waals surface area contributed by atoms with E-state index in [0.29, 0.717) is 11.5 Å². The first-order chi connectivity index (χ1) is 7.41. The van der Waals surface area contributed by atoms with Crippen LogP contribution < -0.4 is 0 Å². The Labute approximate surface area is 92.7 Å². The number of carboxylic acid groups (broad SMARTS) is 1. The average molecular weight is 219 g/mol. The highest BCUT2D eigenvalue weighted by atomic mass is 16.4. The third-order valence-electron chi connectivity index (χ3n) is 2.57. The molecule has 5 heteroatoms. The van der Waals surface area contributed by atoms with Crippen molar-refractivity contribution in [2.24, 2.45) is 0 Å². The van der Waals surface area contributed by atoms with Crippen molar-refractivity contribution in [3.8, 4) is 0 Å². The number of aromatic nitrogens is 3. The van der Waals surface area contributed by atoms with Gasteiger partial charge in [0.05, 0.1) is 0 Å². The van der Waals surface area contributed by atoms with E-state index in [1.807, 2.05) is 25.3 Å². The molecule has 0 fully saturated rings. The van der Waals surface area contributed by atoms with Gasteiger partial charge in [-0.05, 0) is 32.4 Å². The van der Waals surface area contributed by atoms with Gasteiger partial charge in [0, 0.05) is 6.20 Å². The Morgan fingerprint density at radius 2 is 2.12 bits per heavy atom. The van der Waals surface area contributed by atoms with Gasteiger partial charge in [0.25, 0.3) is 0 Å².